The van der Waals surface area contributed by atoms with Crippen LogP contribution in [0, 0.1) is 10.1 Å². The fraction of sp³-hybridized carbons (Fsp3) is 0.200. The van der Waals surface area contributed by atoms with Crippen molar-refractivity contribution >= 4 is 28.8 Å². The highest BCUT2D eigenvalue weighted by atomic mass is 32.1. The molecule has 1 aromatic heterocycles. The van der Waals surface area contributed by atoms with Gasteiger partial charge in [0.1, 0.15) is 0 Å². The Bertz CT molecular complexity index is 1890. The molecule has 6 rings (SSSR count). The molecule has 3 aromatic carbocycles. The number of ether oxygens (including phenoxy) is 3. The lowest BCUT2D eigenvalue weighted by molar-refractivity contribution is -0.385. The Morgan fingerprint density at radius 2 is 1.80 bits per heavy atom. The third kappa shape index (κ3) is 4.08. The first-order chi connectivity index (χ1) is 19.4. The highest BCUT2D eigenvalue weighted by molar-refractivity contribution is 7.07. The summed E-state index contributed by atoms with van der Waals surface area (Å²) in [5, 5.41) is 11.6. The van der Waals surface area contributed by atoms with Gasteiger partial charge in [0.05, 0.1) is 42.5 Å². The van der Waals surface area contributed by atoms with E-state index < -0.39 is 11.0 Å². The first kappa shape index (κ1) is 25.6. The van der Waals surface area contributed by atoms with Crippen LogP contribution in [0.15, 0.2) is 76.0 Å². The molecule has 0 saturated heterocycles. The maximum absolute atomic E-state index is 14.0. The number of thiazole rings is 1. The number of nitro benzene ring substituents is 1. The lowest BCUT2D eigenvalue weighted by Crippen LogP contribution is -2.39. The zero-order valence-electron chi connectivity index (χ0n) is 22.0. The average Bonchev–Trinajstić information content (AvgIpc) is 3.29. The third-order valence-electron chi connectivity index (χ3n) is 7.30. The second-order valence-corrected chi connectivity index (χ2v) is 10.4. The molecule has 202 valence electrons. The van der Waals surface area contributed by atoms with E-state index in [0.29, 0.717) is 26.4 Å². The zero-order chi connectivity index (χ0) is 28.0. The Hall–Kier alpha value is -4.70. The van der Waals surface area contributed by atoms with Gasteiger partial charge in [-0.2, -0.15) is 0 Å². The summed E-state index contributed by atoms with van der Waals surface area (Å²) in [6.45, 7) is 0. The van der Waals surface area contributed by atoms with Crippen LogP contribution >= 0.6 is 11.3 Å². The zero-order valence-corrected chi connectivity index (χ0v) is 22.9. The van der Waals surface area contributed by atoms with Crippen molar-refractivity contribution in [1.82, 2.24) is 4.57 Å². The van der Waals surface area contributed by atoms with E-state index in [1.165, 1.54) is 36.1 Å². The number of para-hydroxylation sites is 1. The molecule has 40 heavy (non-hydrogen) atoms. The number of fused-ring (bicyclic) bond motifs is 3. The minimum absolute atomic E-state index is 0.153. The van der Waals surface area contributed by atoms with E-state index in [-0.39, 0.29) is 17.0 Å². The monoisotopic (exact) mass is 555 g/mol. The topological polar surface area (TPSA) is 105 Å². The van der Waals surface area contributed by atoms with Crippen molar-refractivity contribution in [2.24, 2.45) is 4.99 Å². The van der Waals surface area contributed by atoms with Crippen molar-refractivity contribution in [3.8, 4) is 17.2 Å². The average molecular weight is 556 g/mol. The van der Waals surface area contributed by atoms with E-state index in [9.17, 15) is 14.9 Å². The van der Waals surface area contributed by atoms with E-state index in [0.717, 1.165) is 35.2 Å². The van der Waals surface area contributed by atoms with Crippen LogP contribution in [0.2, 0.25) is 0 Å². The van der Waals surface area contributed by atoms with Crippen LogP contribution in [0.1, 0.15) is 34.7 Å². The number of rotatable bonds is 6. The van der Waals surface area contributed by atoms with Gasteiger partial charge < -0.3 is 14.2 Å². The standard InChI is InChI=1S/C30H25N3O6S/c1-37-23-14-11-17(15-22(23)33(35)36)16-25-29(34)32-27(21-9-6-10-24(38-2)28(21)39-3)20-13-12-18-7-4-5-8-19(18)26(20)31-30(32)40-25/h4-11,14-16,27H,12-13H2,1-3H3/b25-16+/t27-/m0/s1. The predicted octanol–water partition coefficient (Wildman–Crippen LogP) is 4.25. The molecule has 10 heteroatoms. The second-order valence-electron chi connectivity index (χ2n) is 9.38. The van der Waals surface area contributed by atoms with Gasteiger partial charge in [-0.05, 0) is 47.8 Å². The molecule has 4 aromatic rings. The summed E-state index contributed by atoms with van der Waals surface area (Å²) in [4.78, 5) is 30.7. The normalized spacial score (nSPS) is 16.0. The van der Waals surface area contributed by atoms with Gasteiger partial charge in [0.15, 0.2) is 22.0 Å². The van der Waals surface area contributed by atoms with Crippen molar-refractivity contribution in [2.75, 3.05) is 21.3 Å². The third-order valence-corrected chi connectivity index (χ3v) is 8.28. The van der Waals surface area contributed by atoms with Gasteiger partial charge >= 0.3 is 5.69 Å². The van der Waals surface area contributed by atoms with Crippen LogP contribution in [-0.4, -0.2) is 30.8 Å². The van der Waals surface area contributed by atoms with E-state index in [2.05, 4.69) is 12.1 Å². The molecule has 0 spiro atoms. The fourth-order valence-electron chi connectivity index (χ4n) is 5.52. The van der Waals surface area contributed by atoms with Crippen molar-refractivity contribution in [3.63, 3.8) is 0 Å². The molecule has 2 heterocycles. The molecule has 1 aliphatic heterocycles. The number of nitro groups is 1. The van der Waals surface area contributed by atoms with Gasteiger partial charge in [0.25, 0.3) is 5.56 Å². The summed E-state index contributed by atoms with van der Waals surface area (Å²) in [6, 6.07) is 18.0. The molecule has 1 aliphatic carbocycles. The number of hydrogen-bond donors (Lipinski definition) is 0. The minimum atomic E-state index is -0.502. The van der Waals surface area contributed by atoms with Crippen molar-refractivity contribution in [2.45, 2.75) is 18.9 Å². The number of benzene rings is 3. The Morgan fingerprint density at radius 3 is 2.55 bits per heavy atom. The SMILES string of the molecule is COc1ccc(/C=c2/sc3n(c2=O)[C@H](c2cccc(OC)c2OC)C2=C(N=3)c3ccccc3CC2)cc1[N+](=O)[O-]. The summed E-state index contributed by atoms with van der Waals surface area (Å²) in [5.74, 6) is 1.28. The van der Waals surface area contributed by atoms with Gasteiger partial charge in [0, 0.05) is 17.2 Å². The Labute approximate surface area is 233 Å². The molecule has 0 N–H and O–H groups in total. The molecule has 0 radical (unpaired) electrons. The quantitative estimate of drug-likeness (QED) is 0.260. The summed E-state index contributed by atoms with van der Waals surface area (Å²) in [5.41, 5.74) is 5.08. The number of aromatic nitrogens is 1. The first-order valence-electron chi connectivity index (χ1n) is 12.6. The van der Waals surface area contributed by atoms with Crippen molar-refractivity contribution in [3.05, 3.63) is 118 Å². The molecule has 0 saturated carbocycles. The maximum Gasteiger partial charge on any atom is 0.311 e. The largest absolute Gasteiger partial charge is 0.493 e. The lowest BCUT2D eigenvalue weighted by Gasteiger charge is -2.31. The van der Waals surface area contributed by atoms with Crippen molar-refractivity contribution in [1.29, 1.82) is 0 Å². The summed E-state index contributed by atoms with van der Waals surface area (Å²) >= 11 is 1.25. The summed E-state index contributed by atoms with van der Waals surface area (Å²) in [6.07, 6.45) is 3.22. The van der Waals surface area contributed by atoms with Crippen LogP contribution in [-0.2, 0) is 6.42 Å². The molecule has 0 unspecified atom stereocenters. The van der Waals surface area contributed by atoms with Crippen LogP contribution < -0.4 is 29.1 Å². The first-order valence-corrected chi connectivity index (χ1v) is 13.4. The Morgan fingerprint density at radius 1 is 1.00 bits per heavy atom. The molecule has 2 aliphatic rings. The molecule has 0 amide bonds. The molecular formula is C30H25N3O6S. The Balaban J connectivity index is 1.62. The second kappa shape index (κ2) is 10.1. The number of methoxy groups -OCH3 is 3. The lowest BCUT2D eigenvalue weighted by atomic mass is 9.83. The van der Waals surface area contributed by atoms with E-state index in [1.807, 2.05) is 30.3 Å². The summed E-state index contributed by atoms with van der Waals surface area (Å²) in [7, 11) is 4.56. The highest BCUT2D eigenvalue weighted by Gasteiger charge is 2.34. The van der Waals surface area contributed by atoms with Gasteiger partial charge in [-0.25, -0.2) is 4.99 Å². The van der Waals surface area contributed by atoms with E-state index in [4.69, 9.17) is 19.2 Å². The Kier molecular flexibility index (Phi) is 6.47. The number of nitrogens with zero attached hydrogens (tertiary/aromatic N) is 3. The fourth-order valence-corrected chi connectivity index (χ4v) is 6.52. The maximum atomic E-state index is 14.0. The summed E-state index contributed by atoms with van der Waals surface area (Å²) < 4.78 is 18.7. The van der Waals surface area contributed by atoms with Crippen LogP contribution in [0.3, 0.4) is 0 Å². The predicted molar refractivity (Wildman–Crippen MR) is 152 cm³/mol. The van der Waals surface area contributed by atoms with Gasteiger partial charge in [-0.3, -0.25) is 19.5 Å². The molecule has 1 atom stereocenters. The highest BCUT2D eigenvalue weighted by Crippen LogP contribution is 2.45. The minimum Gasteiger partial charge on any atom is -0.493 e. The smallest absolute Gasteiger partial charge is 0.311 e. The number of hydrogen-bond acceptors (Lipinski definition) is 8. The number of allylic oxidation sites excluding steroid dienone is 1. The van der Waals surface area contributed by atoms with E-state index in [1.54, 1.807) is 30.9 Å². The van der Waals surface area contributed by atoms with Crippen LogP contribution in [0.4, 0.5) is 5.69 Å². The van der Waals surface area contributed by atoms with Crippen LogP contribution in [0.5, 0.6) is 17.2 Å². The van der Waals surface area contributed by atoms with E-state index >= 15 is 0 Å². The van der Waals surface area contributed by atoms with Gasteiger partial charge in [0.2, 0.25) is 0 Å². The van der Waals surface area contributed by atoms with Gasteiger partial charge in [-0.1, -0.05) is 53.8 Å². The van der Waals surface area contributed by atoms with Crippen molar-refractivity contribution < 1.29 is 19.1 Å². The molecule has 0 bridgehead atoms. The molecule has 9 nitrogen and oxygen atoms in total. The molecular weight excluding hydrogens is 530 g/mol. The van der Waals surface area contributed by atoms with Gasteiger partial charge in [-0.15, -0.1) is 0 Å². The molecule has 0 fully saturated rings. The van der Waals surface area contributed by atoms with Crippen LogP contribution in [0.25, 0.3) is 11.8 Å². The number of aryl methyl sites for hydroxylation is 1.